The Morgan fingerprint density at radius 2 is 1.65 bits per heavy atom. The van der Waals surface area contributed by atoms with Crippen LogP contribution >= 0.6 is 11.8 Å². The molecule has 0 radical (unpaired) electrons. The third kappa shape index (κ3) is 7.16. The van der Waals surface area contributed by atoms with E-state index in [0.717, 1.165) is 25.9 Å². The number of esters is 2. The van der Waals surface area contributed by atoms with Gasteiger partial charge in [-0.3, -0.25) is 19.9 Å². The summed E-state index contributed by atoms with van der Waals surface area (Å²) in [5, 5.41) is 11.5. The molecule has 0 saturated heterocycles. The van der Waals surface area contributed by atoms with Crippen molar-refractivity contribution >= 4 is 46.5 Å². The van der Waals surface area contributed by atoms with Crippen LogP contribution in [-0.2, 0) is 19.1 Å². The maximum atomic E-state index is 13.5. The van der Waals surface area contributed by atoms with Crippen molar-refractivity contribution in [1.82, 2.24) is 4.90 Å². The van der Waals surface area contributed by atoms with Gasteiger partial charge in [0.05, 0.1) is 29.0 Å². The number of hydrogen-bond donors (Lipinski definition) is 0. The van der Waals surface area contributed by atoms with Gasteiger partial charge in [0.25, 0.3) is 5.69 Å². The van der Waals surface area contributed by atoms with Gasteiger partial charge in [0.1, 0.15) is 12.5 Å². The van der Waals surface area contributed by atoms with Crippen molar-refractivity contribution in [1.29, 1.82) is 0 Å². The molecule has 11 heteroatoms. The molecule has 3 aromatic rings. The van der Waals surface area contributed by atoms with Gasteiger partial charge in [-0.1, -0.05) is 48.2 Å². The van der Waals surface area contributed by atoms with Crippen LogP contribution in [0.1, 0.15) is 38.2 Å². The quantitative estimate of drug-likeness (QED) is 0.0913. The Kier molecular flexibility index (Phi) is 10.5. The number of carbonyl (C=O) groups excluding carboxylic acids is 2. The summed E-state index contributed by atoms with van der Waals surface area (Å²) in [5.74, 6) is -2.93. The number of aliphatic imine (C=N–C) groups is 1. The van der Waals surface area contributed by atoms with E-state index in [4.69, 9.17) is 9.47 Å². The minimum Gasteiger partial charge on any atom is -0.468 e. The van der Waals surface area contributed by atoms with E-state index < -0.39 is 28.7 Å². The number of para-hydroxylation sites is 2. The van der Waals surface area contributed by atoms with Gasteiger partial charge in [-0.2, -0.15) is 0 Å². The van der Waals surface area contributed by atoms with Gasteiger partial charge in [-0.05, 0) is 70.1 Å². The van der Waals surface area contributed by atoms with Crippen LogP contribution in [0.15, 0.2) is 98.8 Å². The van der Waals surface area contributed by atoms with Gasteiger partial charge in [0.2, 0.25) is 0 Å². The summed E-state index contributed by atoms with van der Waals surface area (Å²) in [6.07, 6.45) is 1.95. The number of methoxy groups -OCH3 is 1. The lowest BCUT2D eigenvalue weighted by molar-refractivity contribution is -0.384. The fourth-order valence-corrected chi connectivity index (χ4v) is 7.18. The molecule has 5 rings (SSSR count). The van der Waals surface area contributed by atoms with Crippen molar-refractivity contribution in [2.24, 2.45) is 10.9 Å². The van der Waals surface area contributed by atoms with Crippen molar-refractivity contribution in [2.75, 3.05) is 45.3 Å². The van der Waals surface area contributed by atoms with Crippen molar-refractivity contribution in [3.05, 3.63) is 99.7 Å². The van der Waals surface area contributed by atoms with E-state index in [-0.39, 0.29) is 17.9 Å². The van der Waals surface area contributed by atoms with E-state index in [1.165, 1.54) is 46.5 Å². The van der Waals surface area contributed by atoms with E-state index in [1.54, 1.807) is 31.7 Å². The number of benzene rings is 3. The summed E-state index contributed by atoms with van der Waals surface area (Å²) in [4.78, 5) is 48.9. The number of carbonyl (C=O) groups is 2. The van der Waals surface area contributed by atoms with Crippen LogP contribution in [0, 0.1) is 16.0 Å². The number of ether oxygens (including phenoxy) is 2. The third-order valence-corrected chi connectivity index (χ3v) is 9.48. The fraction of sp³-hybridized carbons (Fsp3) is 0.343. The average Bonchev–Trinajstić information content (AvgIpc) is 3.05. The lowest BCUT2D eigenvalue weighted by Crippen LogP contribution is -2.36. The number of non-ortho nitro benzene ring substituents is 1. The lowest BCUT2D eigenvalue weighted by atomic mass is 9.75. The second-order valence-electron chi connectivity index (χ2n) is 11.4. The molecule has 46 heavy (non-hydrogen) atoms. The molecule has 0 amide bonds. The SMILES string of the molecule is COC(=O)C1C(C)=NC(C)=C(C(=O)OCCN(C)CCCCN2c3ccccc3Sc3ccccc32)C1c1cccc([N+](=O)[O-])c1. The first kappa shape index (κ1) is 32.9. The maximum Gasteiger partial charge on any atom is 0.336 e. The van der Waals surface area contributed by atoms with Crippen LogP contribution in [0.2, 0.25) is 0 Å². The number of allylic oxidation sites excluding steroid dienone is 1. The van der Waals surface area contributed by atoms with E-state index in [1.807, 2.05) is 7.05 Å². The normalized spacial score (nSPS) is 17.2. The third-order valence-electron chi connectivity index (χ3n) is 8.35. The zero-order valence-electron chi connectivity index (χ0n) is 26.5. The topological polar surface area (TPSA) is 115 Å². The molecule has 2 aliphatic rings. The summed E-state index contributed by atoms with van der Waals surface area (Å²) in [6, 6.07) is 22.9. The van der Waals surface area contributed by atoms with Gasteiger partial charge in [-0.25, -0.2) is 4.79 Å². The highest BCUT2D eigenvalue weighted by atomic mass is 32.2. The van der Waals surface area contributed by atoms with Gasteiger partial charge >= 0.3 is 11.9 Å². The number of likely N-dealkylation sites (N-methyl/N-ethyl adjacent to an activating group) is 1. The minimum absolute atomic E-state index is 0.138. The minimum atomic E-state index is -0.918. The monoisotopic (exact) mass is 642 g/mol. The maximum absolute atomic E-state index is 13.5. The zero-order valence-corrected chi connectivity index (χ0v) is 27.3. The molecule has 2 heterocycles. The molecular formula is C35H38N4O6S. The molecule has 3 aromatic carbocycles. The zero-order chi connectivity index (χ0) is 32.8. The highest BCUT2D eigenvalue weighted by molar-refractivity contribution is 7.99. The molecule has 2 unspecified atom stereocenters. The van der Waals surface area contributed by atoms with Gasteiger partial charge in [0, 0.05) is 52.3 Å². The van der Waals surface area contributed by atoms with Crippen molar-refractivity contribution in [3.8, 4) is 0 Å². The number of nitro groups is 1. The van der Waals surface area contributed by atoms with Crippen LogP contribution in [-0.4, -0.2) is 67.9 Å². The van der Waals surface area contributed by atoms with Gasteiger partial charge < -0.3 is 19.3 Å². The summed E-state index contributed by atoms with van der Waals surface area (Å²) in [6.45, 7) is 5.76. The average molecular weight is 643 g/mol. The summed E-state index contributed by atoms with van der Waals surface area (Å²) < 4.78 is 10.8. The van der Waals surface area contributed by atoms with Gasteiger partial charge in [0.15, 0.2) is 0 Å². The number of nitrogens with zero attached hydrogens (tertiary/aromatic N) is 4. The van der Waals surface area contributed by atoms with Crippen LogP contribution < -0.4 is 4.90 Å². The Bertz CT molecular complexity index is 1640. The Morgan fingerprint density at radius 3 is 2.30 bits per heavy atom. The molecule has 0 bridgehead atoms. The van der Waals surface area contributed by atoms with E-state index in [9.17, 15) is 19.7 Å². The Balaban J connectivity index is 1.19. The first-order valence-electron chi connectivity index (χ1n) is 15.3. The number of rotatable bonds is 12. The van der Waals surface area contributed by atoms with E-state index >= 15 is 0 Å². The van der Waals surface area contributed by atoms with Crippen molar-refractivity contribution in [2.45, 2.75) is 42.4 Å². The molecule has 0 aliphatic carbocycles. The molecule has 0 fully saturated rings. The molecule has 240 valence electrons. The van der Waals surface area contributed by atoms with Crippen LogP contribution in [0.5, 0.6) is 0 Å². The number of hydrogen-bond acceptors (Lipinski definition) is 10. The van der Waals surface area contributed by atoms with Crippen molar-refractivity contribution < 1.29 is 24.0 Å². The number of fused-ring (bicyclic) bond motifs is 2. The first-order valence-corrected chi connectivity index (χ1v) is 16.1. The number of nitro benzene ring substituents is 1. The van der Waals surface area contributed by atoms with Crippen LogP contribution in [0.3, 0.4) is 0 Å². The molecule has 0 N–H and O–H groups in total. The van der Waals surface area contributed by atoms with E-state index in [2.05, 4.69) is 63.3 Å². The largest absolute Gasteiger partial charge is 0.468 e. The lowest BCUT2D eigenvalue weighted by Gasteiger charge is -2.33. The molecular weight excluding hydrogens is 604 g/mol. The highest BCUT2D eigenvalue weighted by Gasteiger charge is 2.42. The summed E-state index contributed by atoms with van der Waals surface area (Å²) in [7, 11) is 3.26. The summed E-state index contributed by atoms with van der Waals surface area (Å²) in [5.41, 5.74) is 3.84. The fourth-order valence-electron chi connectivity index (χ4n) is 6.08. The predicted octanol–water partition coefficient (Wildman–Crippen LogP) is 6.77. The van der Waals surface area contributed by atoms with Crippen LogP contribution in [0.4, 0.5) is 17.1 Å². The molecule has 10 nitrogen and oxygen atoms in total. The Hall–Kier alpha value is -4.48. The molecule has 0 saturated carbocycles. The molecule has 0 spiro atoms. The molecule has 2 aliphatic heterocycles. The summed E-state index contributed by atoms with van der Waals surface area (Å²) >= 11 is 1.80. The number of anilines is 2. The van der Waals surface area contributed by atoms with E-state index in [0.29, 0.717) is 23.5 Å². The molecule has 2 atom stereocenters. The number of unbranched alkanes of at least 4 members (excludes halogenated alkanes) is 1. The second kappa shape index (κ2) is 14.7. The molecule has 0 aromatic heterocycles. The highest BCUT2D eigenvalue weighted by Crippen LogP contribution is 2.48. The Labute approximate surface area is 273 Å². The second-order valence-corrected chi connectivity index (χ2v) is 12.5. The van der Waals surface area contributed by atoms with Crippen molar-refractivity contribution in [3.63, 3.8) is 0 Å². The smallest absolute Gasteiger partial charge is 0.336 e. The Morgan fingerprint density at radius 1 is 0.978 bits per heavy atom. The predicted molar refractivity (Wildman–Crippen MR) is 179 cm³/mol. The van der Waals surface area contributed by atoms with Gasteiger partial charge in [-0.15, -0.1) is 0 Å². The van der Waals surface area contributed by atoms with Crippen LogP contribution in [0.25, 0.3) is 0 Å². The first-order chi connectivity index (χ1) is 22.2. The standard InChI is InChI=1S/C35H38N4O6S/c1-23-31(34(40)44-4)33(25-12-11-13-26(22-25)39(42)43)32(24(2)36-23)35(41)45-21-20-37(3)18-9-10-19-38-27-14-5-7-16-29(27)46-30-17-8-6-15-28(30)38/h5-8,11-17,22,31,33H,9-10,18-21H2,1-4H3.